The van der Waals surface area contributed by atoms with E-state index < -0.39 is 0 Å². The third kappa shape index (κ3) is 4.31. The Balaban J connectivity index is 1.69. The van der Waals surface area contributed by atoms with E-state index in [1.54, 1.807) is 32.2 Å². The van der Waals surface area contributed by atoms with Gasteiger partial charge in [-0.15, -0.1) is 0 Å². The van der Waals surface area contributed by atoms with Crippen molar-refractivity contribution in [3.63, 3.8) is 0 Å². The van der Waals surface area contributed by atoms with Crippen LogP contribution in [0.4, 0.5) is 5.69 Å². The van der Waals surface area contributed by atoms with Gasteiger partial charge in [0.2, 0.25) is 5.91 Å². The van der Waals surface area contributed by atoms with Crippen molar-refractivity contribution in [3.05, 3.63) is 53.6 Å². The number of Topliss-reactive ketones (excluding diaryl/α,β-unsaturated/α-hetero) is 1. The van der Waals surface area contributed by atoms with Crippen molar-refractivity contribution in [3.8, 4) is 11.5 Å². The van der Waals surface area contributed by atoms with Gasteiger partial charge >= 0.3 is 0 Å². The molecule has 0 saturated heterocycles. The molecule has 3 rings (SSSR count). The molecule has 2 aromatic carbocycles. The molecule has 0 unspecified atom stereocenters. The molecule has 1 N–H and O–H groups in total. The number of fused-ring (bicyclic) bond motifs is 1. The monoisotopic (exact) mass is 382 g/mol. The van der Waals surface area contributed by atoms with Crippen molar-refractivity contribution >= 4 is 23.3 Å². The summed E-state index contributed by atoms with van der Waals surface area (Å²) in [6.45, 7) is 1.82. The van der Waals surface area contributed by atoms with Crippen LogP contribution in [0.15, 0.2) is 42.5 Å². The first kappa shape index (κ1) is 19.4. The number of nitrogens with zero attached hydrogens (tertiary/aromatic N) is 1. The van der Waals surface area contributed by atoms with E-state index in [0.29, 0.717) is 30.0 Å². The first-order chi connectivity index (χ1) is 13.5. The molecule has 0 aromatic heterocycles. The Hall–Kier alpha value is -3.35. The van der Waals surface area contributed by atoms with Gasteiger partial charge in [0, 0.05) is 18.5 Å². The Labute approximate surface area is 163 Å². The van der Waals surface area contributed by atoms with Crippen molar-refractivity contribution in [2.75, 3.05) is 25.2 Å². The molecule has 0 spiro atoms. The maximum absolute atomic E-state index is 12.4. The zero-order valence-electron chi connectivity index (χ0n) is 15.9. The van der Waals surface area contributed by atoms with Gasteiger partial charge in [0.15, 0.2) is 12.4 Å². The molecular formula is C21H22N2O5. The zero-order valence-corrected chi connectivity index (χ0v) is 15.9. The van der Waals surface area contributed by atoms with Gasteiger partial charge in [-0.3, -0.25) is 19.3 Å². The van der Waals surface area contributed by atoms with Crippen molar-refractivity contribution in [2.45, 2.75) is 19.9 Å². The van der Waals surface area contributed by atoms with Crippen LogP contribution in [0.3, 0.4) is 0 Å². The number of anilines is 1. The van der Waals surface area contributed by atoms with Crippen molar-refractivity contribution in [1.29, 1.82) is 0 Å². The Morgan fingerprint density at radius 3 is 2.61 bits per heavy atom. The van der Waals surface area contributed by atoms with Crippen LogP contribution in [-0.2, 0) is 16.1 Å². The lowest BCUT2D eigenvalue weighted by atomic mass is 10.1. The first-order valence-corrected chi connectivity index (χ1v) is 9.02. The number of methoxy groups -OCH3 is 1. The molecule has 7 nitrogen and oxygen atoms in total. The minimum Gasteiger partial charge on any atom is -0.497 e. The van der Waals surface area contributed by atoms with Gasteiger partial charge in [0.05, 0.1) is 12.8 Å². The standard InChI is InChI=1S/C21H22N2O5/c1-3-18(24)15-6-9-19-17(10-15)23(21(26)13-28-19)12-20(25)22-11-14-4-7-16(27-2)8-5-14/h4-10H,3,11-13H2,1-2H3,(H,22,25). The molecule has 0 fully saturated rings. The molecular weight excluding hydrogens is 360 g/mol. The molecule has 0 atom stereocenters. The number of carbonyl (C=O) groups is 3. The number of carbonyl (C=O) groups excluding carboxylic acids is 3. The average molecular weight is 382 g/mol. The van der Waals surface area contributed by atoms with Gasteiger partial charge in [-0.25, -0.2) is 0 Å². The minimum atomic E-state index is -0.326. The summed E-state index contributed by atoms with van der Waals surface area (Å²) in [4.78, 5) is 38.0. The van der Waals surface area contributed by atoms with Crippen LogP contribution in [0, 0.1) is 0 Å². The minimum absolute atomic E-state index is 0.0373. The second-order valence-electron chi connectivity index (χ2n) is 6.35. The largest absolute Gasteiger partial charge is 0.497 e. The maximum Gasteiger partial charge on any atom is 0.265 e. The summed E-state index contributed by atoms with van der Waals surface area (Å²) >= 11 is 0. The Morgan fingerprint density at radius 1 is 1.18 bits per heavy atom. The molecule has 28 heavy (non-hydrogen) atoms. The fourth-order valence-electron chi connectivity index (χ4n) is 2.90. The summed E-state index contributed by atoms with van der Waals surface area (Å²) in [5, 5.41) is 2.80. The predicted octanol–water partition coefficient (Wildman–Crippen LogP) is 2.33. The fraction of sp³-hybridized carbons (Fsp3) is 0.286. The van der Waals surface area contributed by atoms with Gasteiger partial charge in [-0.1, -0.05) is 19.1 Å². The van der Waals surface area contributed by atoms with E-state index >= 15 is 0 Å². The lowest BCUT2D eigenvalue weighted by Crippen LogP contribution is -2.45. The molecule has 7 heteroatoms. The molecule has 0 bridgehead atoms. The molecule has 2 amide bonds. The number of rotatable bonds is 7. The zero-order chi connectivity index (χ0) is 20.1. The lowest BCUT2D eigenvalue weighted by molar-refractivity contribution is -0.125. The number of benzene rings is 2. The van der Waals surface area contributed by atoms with Crippen molar-refractivity contribution in [2.24, 2.45) is 0 Å². The summed E-state index contributed by atoms with van der Waals surface area (Å²) in [5.41, 5.74) is 1.84. The van der Waals surface area contributed by atoms with Gasteiger partial charge in [0.25, 0.3) is 5.91 Å². The number of ether oxygens (including phenoxy) is 2. The third-order valence-corrected chi connectivity index (χ3v) is 4.50. The molecule has 1 aliphatic rings. The lowest BCUT2D eigenvalue weighted by Gasteiger charge is -2.29. The van der Waals surface area contributed by atoms with Gasteiger partial charge < -0.3 is 14.8 Å². The Morgan fingerprint density at radius 2 is 1.93 bits per heavy atom. The van der Waals surface area contributed by atoms with E-state index in [4.69, 9.17) is 9.47 Å². The van der Waals surface area contributed by atoms with Crippen LogP contribution >= 0.6 is 0 Å². The molecule has 1 heterocycles. The quantitative estimate of drug-likeness (QED) is 0.743. The topological polar surface area (TPSA) is 84.9 Å². The van der Waals surface area contributed by atoms with Crippen LogP contribution in [0.5, 0.6) is 11.5 Å². The number of hydrogen-bond acceptors (Lipinski definition) is 5. The van der Waals surface area contributed by atoms with Crippen LogP contribution in [0.1, 0.15) is 29.3 Å². The van der Waals surface area contributed by atoms with E-state index in [9.17, 15) is 14.4 Å². The predicted molar refractivity (Wildman–Crippen MR) is 104 cm³/mol. The second-order valence-corrected chi connectivity index (χ2v) is 6.35. The van der Waals surface area contributed by atoms with Crippen molar-refractivity contribution in [1.82, 2.24) is 5.32 Å². The van der Waals surface area contributed by atoms with Crippen LogP contribution in [0.2, 0.25) is 0 Å². The number of nitrogens with one attached hydrogen (secondary N) is 1. The number of amides is 2. The highest BCUT2D eigenvalue weighted by Crippen LogP contribution is 2.33. The number of ketones is 1. The highest BCUT2D eigenvalue weighted by Gasteiger charge is 2.28. The maximum atomic E-state index is 12.4. The van der Waals surface area contributed by atoms with Crippen molar-refractivity contribution < 1.29 is 23.9 Å². The highest BCUT2D eigenvalue weighted by molar-refractivity contribution is 6.04. The van der Waals surface area contributed by atoms with Crippen LogP contribution < -0.4 is 19.7 Å². The summed E-state index contributed by atoms with van der Waals surface area (Å²) in [6, 6.07) is 12.3. The first-order valence-electron chi connectivity index (χ1n) is 9.02. The molecule has 1 aliphatic heterocycles. The van der Waals surface area contributed by atoms with Crippen LogP contribution in [-0.4, -0.2) is 37.9 Å². The van der Waals surface area contributed by atoms with E-state index in [2.05, 4.69) is 5.32 Å². The van der Waals surface area contributed by atoms with Crippen LogP contribution in [0.25, 0.3) is 0 Å². The van der Waals surface area contributed by atoms with E-state index in [1.165, 1.54) is 4.90 Å². The van der Waals surface area contributed by atoms with Gasteiger partial charge in [-0.2, -0.15) is 0 Å². The molecule has 0 aliphatic carbocycles. The summed E-state index contributed by atoms with van der Waals surface area (Å²) in [6.07, 6.45) is 0.357. The van der Waals surface area contributed by atoms with E-state index in [0.717, 1.165) is 11.3 Å². The molecule has 2 aromatic rings. The second kappa shape index (κ2) is 8.56. The van der Waals surface area contributed by atoms with Gasteiger partial charge in [0.1, 0.15) is 18.0 Å². The summed E-state index contributed by atoms with van der Waals surface area (Å²) in [7, 11) is 1.59. The van der Waals surface area contributed by atoms with E-state index in [-0.39, 0.29) is 30.7 Å². The number of hydrogen-bond donors (Lipinski definition) is 1. The highest BCUT2D eigenvalue weighted by atomic mass is 16.5. The molecule has 0 radical (unpaired) electrons. The summed E-state index contributed by atoms with van der Waals surface area (Å²) in [5.74, 6) is 0.556. The summed E-state index contributed by atoms with van der Waals surface area (Å²) < 4.78 is 10.5. The Bertz CT molecular complexity index is 892. The van der Waals surface area contributed by atoms with Gasteiger partial charge in [-0.05, 0) is 35.9 Å². The Kier molecular flexibility index (Phi) is 5.93. The SMILES string of the molecule is CCC(=O)c1ccc2c(c1)N(CC(=O)NCc1ccc(OC)cc1)C(=O)CO2. The average Bonchev–Trinajstić information content (AvgIpc) is 2.73. The van der Waals surface area contributed by atoms with E-state index in [1.807, 2.05) is 24.3 Å². The molecule has 146 valence electrons. The smallest absolute Gasteiger partial charge is 0.265 e. The fourth-order valence-corrected chi connectivity index (χ4v) is 2.90. The normalized spacial score (nSPS) is 12.8. The molecule has 0 saturated carbocycles. The third-order valence-electron chi connectivity index (χ3n) is 4.50.